The van der Waals surface area contributed by atoms with Crippen molar-refractivity contribution in [3.63, 3.8) is 0 Å². The number of benzene rings is 1. The number of ether oxygens (including phenoxy) is 2. The lowest BCUT2D eigenvalue weighted by Gasteiger charge is -2.29. The van der Waals surface area contributed by atoms with Crippen LogP contribution in [0, 0.1) is 29.1 Å². The van der Waals surface area contributed by atoms with E-state index in [-0.39, 0.29) is 6.08 Å². The van der Waals surface area contributed by atoms with E-state index in [4.69, 9.17) is 0 Å². The molecule has 1 heterocycles. The molecule has 0 atom stereocenters. The van der Waals surface area contributed by atoms with Crippen LogP contribution in [0.4, 0.5) is 22.0 Å². The number of cyclic esters (lactones) is 2. The van der Waals surface area contributed by atoms with Crippen molar-refractivity contribution in [3.8, 4) is 0 Å². The van der Waals surface area contributed by atoms with Gasteiger partial charge in [0.2, 0.25) is 5.82 Å². The minimum absolute atomic E-state index is 0.191. The summed E-state index contributed by atoms with van der Waals surface area (Å²) in [4.78, 5) is 23.2. The van der Waals surface area contributed by atoms with Crippen molar-refractivity contribution in [2.24, 2.45) is 0 Å². The maximum absolute atomic E-state index is 13.5. The molecule has 118 valence electrons. The highest BCUT2D eigenvalue weighted by Gasteiger charge is 2.39. The molecule has 1 fully saturated rings. The molecule has 1 aromatic carbocycles. The van der Waals surface area contributed by atoms with E-state index in [0.29, 0.717) is 0 Å². The monoisotopic (exact) mass is 322 g/mol. The Morgan fingerprint density at radius 1 is 0.773 bits per heavy atom. The standard InChI is InChI=1S/C13H7F5O4/c1-13(2)21-11(19)5(12(20)22-13)3-4-6(14)8(16)10(18)9(17)7(4)15/h3H,1-2H3. The molecule has 0 unspecified atom stereocenters. The lowest BCUT2D eigenvalue weighted by molar-refractivity contribution is -0.222. The predicted molar refractivity (Wildman–Crippen MR) is 60.5 cm³/mol. The molecule has 0 radical (unpaired) electrons. The topological polar surface area (TPSA) is 52.6 Å². The fourth-order valence-electron chi connectivity index (χ4n) is 1.67. The molecule has 0 aliphatic carbocycles. The van der Waals surface area contributed by atoms with Crippen LogP contribution in [0.2, 0.25) is 0 Å². The molecule has 1 aliphatic heterocycles. The minimum atomic E-state index is -2.35. The van der Waals surface area contributed by atoms with Crippen molar-refractivity contribution in [3.05, 3.63) is 40.2 Å². The van der Waals surface area contributed by atoms with Crippen LogP contribution in [0.25, 0.3) is 6.08 Å². The molecule has 4 nitrogen and oxygen atoms in total. The van der Waals surface area contributed by atoms with Crippen LogP contribution in [0.1, 0.15) is 19.4 Å². The zero-order valence-corrected chi connectivity index (χ0v) is 11.1. The molecule has 9 heteroatoms. The number of halogens is 5. The van der Waals surface area contributed by atoms with Gasteiger partial charge in [-0.3, -0.25) is 0 Å². The second kappa shape index (κ2) is 5.08. The quantitative estimate of drug-likeness (QED) is 0.199. The minimum Gasteiger partial charge on any atom is -0.419 e. The van der Waals surface area contributed by atoms with Crippen LogP contribution in [0.15, 0.2) is 5.57 Å². The molecule has 0 spiro atoms. The number of esters is 2. The third kappa shape index (κ3) is 2.53. The molecule has 0 aromatic heterocycles. The highest BCUT2D eigenvalue weighted by atomic mass is 19.2. The molecular weight excluding hydrogens is 315 g/mol. The molecule has 22 heavy (non-hydrogen) atoms. The Balaban J connectivity index is 2.60. The average molecular weight is 322 g/mol. The maximum Gasteiger partial charge on any atom is 0.348 e. The number of hydrogen-bond acceptors (Lipinski definition) is 4. The number of hydrogen-bond donors (Lipinski definition) is 0. The van der Waals surface area contributed by atoms with Gasteiger partial charge in [0.1, 0.15) is 5.57 Å². The van der Waals surface area contributed by atoms with Crippen molar-refractivity contribution < 1.29 is 41.0 Å². The van der Waals surface area contributed by atoms with Gasteiger partial charge in [0, 0.05) is 13.8 Å². The average Bonchev–Trinajstić information content (AvgIpc) is 2.40. The van der Waals surface area contributed by atoms with E-state index in [1.165, 1.54) is 13.8 Å². The van der Waals surface area contributed by atoms with Crippen molar-refractivity contribution in [2.75, 3.05) is 0 Å². The normalized spacial score (nSPS) is 17.1. The molecule has 1 aliphatic rings. The number of carbonyl (C=O) groups is 2. The van der Waals surface area contributed by atoms with E-state index in [9.17, 15) is 31.5 Å². The summed E-state index contributed by atoms with van der Waals surface area (Å²) in [6.07, 6.45) is 0.191. The third-order valence-electron chi connectivity index (χ3n) is 2.65. The summed E-state index contributed by atoms with van der Waals surface area (Å²) in [7, 11) is 0. The summed E-state index contributed by atoms with van der Waals surface area (Å²) < 4.78 is 75.3. The van der Waals surface area contributed by atoms with Crippen molar-refractivity contribution in [1.29, 1.82) is 0 Å². The maximum atomic E-state index is 13.5. The van der Waals surface area contributed by atoms with Gasteiger partial charge in [0.25, 0.3) is 5.79 Å². The largest absolute Gasteiger partial charge is 0.419 e. The van der Waals surface area contributed by atoms with E-state index in [0.717, 1.165) is 0 Å². The van der Waals surface area contributed by atoms with Crippen molar-refractivity contribution >= 4 is 18.0 Å². The lowest BCUT2D eigenvalue weighted by Crippen LogP contribution is -2.41. The summed E-state index contributed by atoms with van der Waals surface area (Å²) in [5.41, 5.74) is -2.44. The molecule has 2 rings (SSSR count). The summed E-state index contributed by atoms with van der Waals surface area (Å²) in [5.74, 6) is -15.4. The smallest absolute Gasteiger partial charge is 0.348 e. The Kier molecular flexibility index (Phi) is 3.68. The number of carbonyl (C=O) groups excluding carboxylic acids is 2. The lowest BCUT2D eigenvalue weighted by atomic mass is 10.1. The highest BCUT2D eigenvalue weighted by molar-refractivity contribution is 6.18. The van der Waals surface area contributed by atoms with E-state index in [1.54, 1.807) is 0 Å². The Morgan fingerprint density at radius 3 is 1.55 bits per heavy atom. The van der Waals surface area contributed by atoms with Crippen molar-refractivity contribution in [2.45, 2.75) is 19.6 Å². The summed E-state index contributed by atoms with van der Waals surface area (Å²) >= 11 is 0. The first-order valence-corrected chi connectivity index (χ1v) is 5.75. The zero-order chi connectivity index (χ0) is 16.8. The fraction of sp³-hybridized carbons (Fsp3) is 0.231. The molecular formula is C13H7F5O4. The Morgan fingerprint density at radius 2 is 1.14 bits per heavy atom. The van der Waals surface area contributed by atoms with Crippen LogP contribution in [0.3, 0.4) is 0 Å². The van der Waals surface area contributed by atoms with Gasteiger partial charge >= 0.3 is 11.9 Å². The molecule has 1 aromatic rings. The summed E-state index contributed by atoms with van der Waals surface area (Å²) in [6.45, 7) is 2.44. The second-order valence-corrected chi connectivity index (χ2v) is 4.72. The van der Waals surface area contributed by atoms with Gasteiger partial charge in [-0.25, -0.2) is 31.5 Å². The molecule has 0 amide bonds. The van der Waals surface area contributed by atoms with Crippen molar-refractivity contribution in [1.82, 2.24) is 0 Å². The Hall–Kier alpha value is -2.45. The first kappa shape index (κ1) is 15.9. The molecule has 0 saturated carbocycles. The van der Waals surface area contributed by atoms with Crippen LogP contribution < -0.4 is 0 Å². The summed E-state index contributed by atoms with van der Waals surface area (Å²) in [6, 6.07) is 0. The van der Waals surface area contributed by atoms with E-state index in [1.807, 2.05) is 0 Å². The summed E-state index contributed by atoms with van der Waals surface area (Å²) in [5, 5.41) is 0. The number of rotatable bonds is 1. The van der Waals surface area contributed by atoms with Crippen LogP contribution in [-0.2, 0) is 19.1 Å². The van der Waals surface area contributed by atoms with Gasteiger partial charge in [0.05, 0.1) is 5.56 Å². The Bertz CT molecular complexity index is 673. The van der Waals surface area contributed by atoms with E-state index < -0.39 is 57.9 Å². The predicted octanol–water partition coefficient (Wildman–Crippen LogP) is 2.60. The first-order valence-electron chi connectivity index (χ1n) is 5.75. The van der Waals surface area contributed by atoms with Crippen LogP contribution in [-0.4, -0.2) is 17.7 Å². The van der Waals surface area contributed by atoms with Gasteiger partial charge in [-0.05, 0) is 6.08 Å². The van der Waals surface area contributed by atoms with Gasteiger partial charge < -0.3 is 9.47 Å². The Labute approximate surface area is 120 Å². The van der Waals surface area contributed by atoms with Gasteiger partial charge in [0.15, 0.2) is 23.3 Å². The second-order valence-electron chi connectivity index (χ2n) is 4.72. The SMILES string of the molecule is CC1(C)OC(=O)C(=Cc2c(F)c(F)c(F)c(F)c2F)C(=O)O1. The fourth-order valence-corrected chi connectivity index (χ4v) is 1.67. The molecule has 0 bridgehead atoms. The molecule has 0 N–H and O–H groups in total. The first-order chi connectivity index (χ1) is 10.0. The highest BCUT2D eigenvalue weighted by Crippen LogP contribution is 2.28. The van der Waals surface area contributed by atoms with Gasteiger partial charge in [-0.2, -0.15) is 0 Å². The molecule has 1 saturated heterocycles. The zero-order valence-electron chi connectivity index (χ0n) is 11.1. The van der Waals surface area contributed by atoms with Gasteiger partial charge in [-0.15, -0.1) is 0 Å². The third-order valence-corrected chi connectivity index (χ3v) is 2.65. The van der Waals surface area contributed by atoms with E-state index in [2.05, 4.69) is 9.47 Å². The van der Waals surface area contributed by atoms with Crippen LogP contribution >= 0.6 is 0 Å². The van der Waals surface area contributed by atoms with Crippen LogP contribution in [0.5, 0.6) is 0 Å². The van der Waals surface area contributed by atoms with Gasteiger partial charge in [-0.1, -0.05) is 0 Å². The van der Waals surface area contributed by atoms with E-state index >= 15 is 0 Å².